The average molecular weight is 493 g/mol. The van der Waals surface area contributed by atoms with Gasteiger partial charge in [-0.05, 0) is 29.7 Å². The lowest BCUT2D eigenvalue weighted by Crippen LogP contribution is -2.45. The van der Waals surface area contributed by atoms with E-state index in [-0.39, 0.29) is 30.8 Å². The highest BCUT2D eigenvalue weighted by Gasteiger charge is 2.26. The van der Waals surface area contributed by atoms with Gasteiger partial charge >= 0.3 is 7.32 Å². The van der Waals surface area contributed by atoms with Crippen molar-refractivity contribution in [3.8, 4) is 0 Å². The summed E-state index contributed by atoms with van der Waals surface area (Å²) >= 11 is 12.1. The van der Waals surface area contributed by atoms with Gasteiger partial charge in [0.05, 0.1) is 12.2 Å². The molecular weight excluding hydrogens is 466 g/mol. The summed E-state index contributed by atoms with van der Waals surface area (Å²) in [6.07, 6.45) is 1.20. The molecular formula is C23H27BCl2N2O5. The molecule has 0 saturated heterocycles. The van der Waals surface area contributed by atoms with Crippen LogP contribution < -0.4 is 10.6 Å². The van der Waals surface area contributed by atoms with Gasteiger partial charge in [0, 0.05) is 40.5 Å². The monoisotopic (exact) mass is 492 g/mol. The maximum absolute atomic E-state index is 12.9. The van der Waals surface area contributed by atoms with Gasteiger partial charge in [0.15, 0.2) is 0 Å². The minimum Gasteiger partial charge on any atom is -0.464 e. The van der Waals surface area contributed by atoms with Crippen molar-refractivity contribution in [2.45, 2.75) is 33.0 Å². The van der Waals surface area contributed by atoms with Crippen LogP contribution >= 0.6 is 23.2 Å². The molecule has 3 aromatic rings. The van der Waals surface area contributed by atoms with E-state index in [9.17, 15) is 14.8 Å². The second-order valence-electron chi connectivity index (χ2n) is 8.12. The fourth-order valence-electron chi connectivity index (χ4n) is 3.57. The number of carbonyl (C=O) groups excluding carboxylic acids is 1. The zero-order valence-corrected chi connectivity index (χ0v) is 19.9. The first-order chi connectivity index (χ1) is 15.7. The van der Waals surface area contributed by atoms with E-state index in [1.165, 1.54) is 0 Å². The van der Waals surface area contributed by atoms with Gasteiger partial charge in [-0.2, -0.15) is 0 Å². The average Bonchev–Trinajstić information content (AvgIpc) is 3.15. The third kappa shape index (κ3) is 7.21. The smallest absolute Gasteiger partial charge is 0.464 e. The molecule has 10 heteroatoms. The van der Waals surface area contributed by atoms with Crippen LogP contribution in [0.2, 0.25) is 10.0 Å². The SMILES string of the molecule is CC(C)C(CNC(Cc1coc2ccccc12)OB(O)O)C(=O)NCc1ccc(Cl)cc1Cl. The number of para-hydroxylation sites is 1. The number of benzene rings is 2. The summed E-state index contributed by atoms with van der Waals surface area (Å²) in [5.41, 5.74) is 2.35. The number of carbonyl (C=O) groups is 1. The minimum atomic E-state index is -1.96. The Balaban J connectivity index is 1.64. The molecule has 0 bridgehead atoms. The molecule has 176 valence electrons. The molecule has 33 heavy (non-hydrogen) atoms. The van der Waals surface area contributed by atoms with Gasteiger partial charge < -0.3 is 24.4 Å². The molecule has 7 nitrogen and oxygen atoms in total. The fraction of sp³-hybridized carbons (Fsp3) is 0.348. The third-order valence-electron chi connectivity index (χ3n) is 5.43. The van der Waals surface area contributed by atoms with Gasteiger partial charge in [0.2, 0.25) is 5.91 Å². The molecule has 4 N–H and O–H groups in total. The molecule has 3 rings (SSSR count). The Morgan fingerprint density at radius 1 is 1.15 bits per heavy atom. The van der Waals surface area contributed by atoms with Gasteiger partial charge in [0.25, 0.3) is 0 Å². The summed E-state index contributed by atoms with van der Waals surface area (Å²) in [6, 6.07) is 12.7. The predicted octanol–water partition coefficient (Wildman–Crippen LogP) is 3.77. The number of furan rings is 1. The minimum absolute atomic E-state index is 0.0210. The summed E-state index contributed by atoms with van der Waals surface area (Å²) in [4.78, 5) is 12.9. The Kier molecular flexibility index (Phi) is 9.20. The van der Waals surface area contributed by atoms with Crippen LogP contribution in [0.5, 0.6) is 0 Å². The van der Waals surface area contributed by atoms with Crippen molar-refractivity contribution >= 4 is 47.4 Å². The van der Waals surface area contributed by atoms with Crippen LogP contribution in [0.3, 0.4) is 0 Å². The van der Waals surface area contributed by atoms with Gasteiger partial charge in [-0.1, -0.05) is 61.3 Å². The van der Waals surface area contributed by atoms with E-state index in [1.54, 1.807) is 24.5 Å². The molecule has 2 aromatic carbocycles. The van der Waals surface area contributed by atoms with Crippen LogP contribution in [-0.4, -0.2) is 36.0 Å². The molecule has 1 amide bonds. The van der Waals surface area contributed by atoms with Crippen LogP contribution in [0, 0.1) is 11.8 Å². The first-order valence-electron chi connectivity index (χ1n) is 10.7. The molecule has 0 aliphatic heterocycles. The van der Waals surface area contributed by atoms with E-state index in [2.05, 4.69) is 10.6 Å². The van der Waals surface area contributed by atoms with Crippen molar-refractivity contribution in [1.29, 1.82) is 0 Å². The van der Waals surface area contributed by atoms with E-state index >= 15 is 0 Å². The van der Waals surface area contributed by atoms with Crippen molar-refractivity contribution < 1.29 is 23.9 Å². The fourth-order valence-corrected chi connectivity index (χ4v) is 4.05. The zero-order chi connectivity index (χ0) is 24.0. The van der Waals surface area contributed by atoms with Gasteiger partial charge in [-0.25, -0.2) is 0 Å². The number of hydrogen-bond acceptors (Lipinski definition) is 6. The molecule has 0 aliphatic rings. The molecule has 1 heterocycles. The molecule has 1 aromatic heterocycles. The second kappa shape index (κ2) is 11.9. The normalized spacial score (nSPS) is 13.3. The lowest BCUT2D eigenvalue weighted by molar-refractivity contribution is -0.126. The topological polar surface area (TPSA) is 104 Å². The summed E-state index contributed by atoms with van der Waals surface area (Å²) in [5.74, 6) is -0.521. The molecule has 0 radical (unpaired) electrons. The first kappa shape index (κ1) is 25.6. The van der Waals surface area contributed by atoms with Crippen LogP contribution in [0.15, 0.2) is 53.1 Å². The Morgan fingerprint density at radius 3 is 2.61 bits per heavy atom. The van der Waals surface area contributed by atoms with Crippen LogP contribution in [0.25, 0.3) is 11.0 Å². The maximum atomic E-state index is 12.9. The highest BCUT2D eigenvalue weighted by atomic mass is 35.5. The van der Waals surface area contributed by atoms with Crippen molar-refractivity contribution in [3.05, 3.63) is 69.9 Å². The van der Waals surface area contributed by atoms with Crippen molar-refractivity contribution in [1.82, 2.24) is 10.6 Å². The number of amides is 1. The van der Waals surface area contributed by atoms with E-state index in [1.807, 2.05) is 38.1 Å². The lowest BCUT2D eigenvalue weighted by Gasteiger charge is -2.25. The van der Waals surface area contributed by atoms with Gasteiger partial charge in [-0.3, -0.25) is 10.1 Å². The summed E-state index contributed by atoms with van der Waals surface area (Å²) in [7, 11) is -1.96. The van der Waals surface area contributed by atoms with Crippen LogP contribution in [0.1, 0.15) is 25.0 Å². The van der Waals surface area contributed by atoms with Crippen molar-refractivity contribution in [2.75, 3.05) is 6.54 Å². The number of halogens is 2. The van der Waals surface area contributed by atoms with E-state index in [4.69, 9.17) is 32.3 Å². The van der Waals surface area contributed by atoms with Crippen molar-refractivity contribution in [3.63, 3.8) is 0 Å². The van der Waals surface area contributed by atoms with Gasteiger partial charge in [0.1, 0.15) is 11.8 Å². The summed E-state index contributed by atoms with van der Waals surface area (Å²) < 4.78 is 10.8. The van der Waals surface area contributed by atoms with Crippen LogP contribution in [0.4, 0.5) is 0 Å². The highest BCUT2D eigenvalue weighted by Crippen LogP contribution is 2.23. The Morgan fingerprint density at radius 2 is 1.91 bits per heavy atom. The Labute approximate surface area is 203 Å². The first-order valence-corrected chi connectivity index (χ1v) is 11.4. The molecule has 2 unspecified atom stereocenters. The summed E-state index contributed by atoms with van der Waals surface area (Å²) in [6.45, 7) is 4.43. The molecule has 0 aliphatic carbocycles. The van der Waals surface area contributed by atoms with E-state index in [0.717, 1.165) is 22.1 Å². The quantitative estimate of drug-likeness (QED) is 0.240. The largest absolute Gasteiger partial charge is 0.635 e. The van der Waals surface area contributed by atoms with E-state index < -0.39 is 13.5 Å². The number of nitrogens with one attached hydrogen (secondary N) is 2. The molecule has 2 atom stereocenters. The van der Waals surface area contributed by atoms with Crippen molar-refractivity contribution in [2.24, 2.45) is 11.8 Å². The van der Waals surface area contributed by atoms with E-state index in [0.29, 0.717) is 16.5 Å². The Hall–Kier alpha value is -2.07. The standard InChI is InChI=1S/C23H27BCl2N2O5/c1-14(2)19(23(29)28-11-15-7-8-17(25)10-20(15)26)12-27-22(33-24(30)31)9-16-13-32-21-6-4-3-5-18(16)21/h3-8,10,13-14,19,22,27,30-31H,9,11-12H2,1-2H3,(H,28,29). The number of hydrogen-bond donors (Lipinski definition) is 4. The lowest BCUT2D eigenvalue weighted by atomic mass is 9.94. The number of rotatable bonds is 11. The highest BCUT2D eigenvalue weighted by molar-refractivity contribution is 6.35. The third-order valence-corrected chi connectivity index (χ3v) is 6.01. The molecule has 0 spiro atoms. The zero-order valence-electron chi connectivity index (χ0n) is 18.4. The summed E-state index contributed by atoms with van der Waals surface area (Å²) in [5, 5.41) is 26.7. The maximum Gasteiger partial charge on any atom is 0.635 e. The molecule has 0 fully saturated rings. The second-order valence-corrected chi connectivity index (χ2v) is 8.97. The predicted molar refractivity (Wildman–Crippen MR) is 130 cm³/mol. The molecule has 0 saturated carbocycles. The van der Waals surface area contributed by atoms with Gasteiger partial charge in [-0.15, -0.1) is 0 Å². The Bertz CT molecular complexity index is 1080. The number of fused-ring (bicyclic) bond motifs is 1. The van der Waals surface area contributed by atoms with Crippen LogP contribution in [-0.2, 0) is 22.4 Å².